The minimum absolute atomic E-state index is 0. The summed E-state index contributed by atoms with van der Waals surface area (Å²) in [4.78, 5) is 0. The average Bonchev–Trinajstić information content (AvgIpc) is 2.47. The lowest BCUT2D eigenvalue weighted by molar-refractivity contribution is 0.618. The van der Waals surface area contributed by atoms with Gasteiger partial charge in [-0.05, 0) is 0 Å². The SMILES string of the molecule is Cl.Cl.NCCNCCNCCN.NCCNCCNCCN. The van der Waals surface area contributed by atoms with Gasteiger partial charge in [-0.1, -0.05) is 0 Å². The number of hydrogen-bond donors (Lipinski definition) is 8. The highest BCUT2D eigenvalue weighted by molar-refractivity contribution is 5.85. The predicted octanol–water partition coefficient (Wildman–Crippen LogP) is -2.99. The van der Waals surface area contributed by atoms with Crippen LogP contribution >= 0.6 is 24.8 Å². The normalized spacial score (nSPS) is 9.27. The summed E-state index contributed by atoms with van der Waals surface area (Å²) in [6.07, 6.45) is 0. The van der Waals surface area contributed by atoms with Crippen LogP contribution in [0.15, 0.2) is 0 Å². The summed E-state index contributed by atoms with van der Waals surface area (Å²) in [5.41, 5.74) is 21.1. The van der Waals surface area contributed by atoms with Crippen LogP contribution in [0.3, 0.4) is 0 Å². The number of halogens is 2. The van der Waals surface area contributed by atoms with E-state index in [-0.39, 0.29) is 24.8 Å². The van der Waals surface area contributed by atoms with Gasteiger partial charge in [0, 0.05) is 78.5 Å². The van der Waals surface area contributed by atoms with Gasteiger partial charge < -0.3 is 44.2 Å². The Kier molecular flexibility index (Phi) is 45.3. The molecule has 0 atom stereocenters. The van der Waals surface area contributed by atoms with Gasteiger partial charge in [-0.25, -0.2) is 0 Å². The van der Waals surface area contributed by atoms with E-state index in [0.29, 0.717) is 26.2 Å². The molecule has 0 amide bonds. The smallest absolute Gasteiger partial charge is 0.00772 e. The quantitative estimate of drug-likeness (QED) is 0.152. The topological polar surface area (TPSA) is 152 Å². The van der Waals surface area contributed by atoms with Crippen LogP contribution in [0.25, 0.3) is 0 Å². The first-order chi connectivity index (χ1) is 9.83. The highest BCUT2D eigenvalue weighted by atomic mass is 35.5. The molecule has 0 aromatic carbocycles. The third-order valence-corrected chi connectivity index (χ3v) is 2.24. The second-order valence-corrected chi connectivity index (χ2v) is 4.15. The Balaban J connectivity index is -0.000000135. The van der Waals surface area contributed by atoms with E-state index < -0.39 is 0 Å². The highest BCUT2D eigenvalue weighted by Gasteiger charge is 1.84. The molecule has 10 heteroatoms. The van der Waals surface area contributed by atoms with E-state index in [4.69, 9.17) is 22.9 Å². The first-order valence-electron chi connectivity index (χ1n) is 7.46. The van der Waals surface area contributed by atoms with Gasteiger partial charge in [0.05, 0.1) is 0 Å². The Labute approximate surface area is 148 Å². The van der Waals surface area contributed by atoms with Crippen LogP contribution in [0.4, 0.5) is 0 Å². The Bertz CT molecular complexity index is 125. The van der Waals surface area contributed by atoms with Crippen LogP contribution in [-0.2, 0) is 0 Å². The molecule has 0 aliphatic rings. The fourth-order valence-corrected chi connectivity index (χ4v) is 1.26. The molecular formula is C12H38Cl2N8. The number of nitrogens with one attached hydrogen (secondary N) is 4. The Morgan fingerprint density at radius 1 is 0.364 bits per heavy atom. The minimum atomic E-state index is 0. The molecule has 8 nitrogen and oxygen atoms in total. The molecule has 140 valence electrons. The van der Waals surface area contributed by atoms with Crippen molar-refractivity contribution in [3.05, 3.63) is 0 Å². The van der Waals surface area contributed by atoms with Crippen molar-refractivity contribution in [1.82, 2.24) is 21.3 Å². The number of hydrogen-bond acceptors (Lipinski definition) is 8. The van der Waals surface area contributed by atoms with Crippen LogP contribution < -0.4 is 44.2 Å². The lowest BCUT2D eigenvalue weighted by atomic mass is 10.5. The van der Waals surface area contributed by atoms with E-state index in [1.807, 2.05) is 0 Å². The molecule has 0 fully saturated rings. The molecule has 0 saturated carbocycles. The van der Waals surface area contributed by atoms with Crippen LogP contribution in [0.5, 0.6) is 0 Å². The van der Waals surface area contributed by atoms with Gasteiger partial charge in [0.15, 0.2) is 0 Å². The van der Waals surface area contributed by atoms with E-state index in [0.717, 1.165) is 52.4 Å². The van der Waals surface area contributed by atoms with E-state index in [9.17, 15) is 0 Å². The minimum Gasteiger partial charge on any atom is -0.329 e. The van der Waals surface area contributed by atoms with Crippen molar-refractivity contribution in [3.8, 4) is 0 Å². The van der Waals surface area contributed by atoms with Gasteiger partial charge >= 0.3 is 0 Å². The molecule has 0 aromatic rings. The molecule has 0 bridgehead atoms. The van der Waals surface area contributed by atoms with Crippen molar-refractivity contribution in [3.63, 3.8) is 0 Å². The lowest BCUT2D eigenvalue weighted by Crippen LogP contribution is -2.32. The molecule has 0 saturated heterocycles. The molecule has 0 unspecified atom stereocenters. The van der Waals surface area contributed by atoms with E-state index in [1.54, 1.807) is 0 Å². The van der Waals surface area contributed by atoms with Crippen molar-refractivity contribution in [1.29, 1.82) is 0 Å². The van der Waals surface area contributed by atoms with Gasteiger partial charge in [-0.2, -0.15) is 0 Å². The summed E-state index contributed by atoms with van der Waals surface area (Å²) < 4.78 is 0. The lowest BCUT2D eigenvalue weighted by Gasteiger charge is -2.03. The average molecular weight is 365 g/mol. The molecule has 22 heavy (non-hydrogen) atoms. The third-order valence-electron chi connectivity index (χ3n) is 2.24. The van der Waals surface area contributed by atoms with Crippen LogP contribution in [-0.4, -0.2) is 78.5 Å². The summed E-state index contributed by atoms with van der Waals surface area (Å²) in [6.45, 7) is 10.3. The van der Waals surface area contributed by atoms with E-state index in [1.165, 1.54) is 0 Å². The van der Waals surface area contributed by atoms with Crippen LogP contribution in [0, 0.1) is 0 Å². The molecule has 12 N–H and O–H groups in total. The van der Waals surface area contributed by atoms with Gasteiger partial charge in [-0.15, -0.1) is 24.8 Å². The molecular weight excluding hydrogens is 327 g/mol. The van der Waals surface area contributed by atoms with Crippen LogP contribution in [0.2, 0.25) is 0 Å². The largest absolute Gasteiger partial charge is 0.329 e. The zero-order chi connectivity index (χ0) is 15.3. The molecule has 0 aliphatic heterocycles. The second-order valence-electron chi connectivity index (χ2n) is 4.15. The maximum Gasteiger partial charge on any atom is 0.00772 e. The first-order valence-corrected chi connectivity index (χ1v) is 7.46. The van der Waals surface area contributed by atoms with Crippen molar-refractivity contribution < 1.29 is 0 Å². The summed E-state index contributed by atoms with van der Waals surface area (Å²) in [6, 6.07) is 0. The van der Waals surface area contributed by atoms with Gasteiger partial charge in [0.2, 0.25) is 0 Å². The molecule has 0 radical (unpaired) electrons. The van der Waals surface area contributed by atoms with Gasteiger partial charge in [0.25, 0.3) is 0 Å². The van der Waals surface area contributed by atoms with Gasteiger partial charge in [-0.3, -0.25) is 0 Å². The Hall–Kier alpha value is 0.260. The standard InChI is InChI=1S/2C6H18N4.2ClH/c2*7-1-3-9-5-6-10-4-2-8;;/h2*9-10H,1-8H2;2*1H. The van der Waals surface area contributed by atoms with E-state index in [2.05, 4.69) is 21.3 Å². The van der Waals surface area contributed by atoms with Crippen molar-refractivity contribution in [2.45, 2.75) is 0 Å². The number of rotatable bonds is 14. The van der Waals surface area contributed by atoms with Crippen molar-refractivity contribution in [2.24, 2.45) is 22.9 Å². The van der Waals surface area contributed by atoms with Gasteiger partial charge in [0.1, 0.15) is 0 Å². The van der Waals surface area contributed by atoms with Crippen molar-refractivity contribution in [2.75, 3.05) is 78.5 Å². The number of nitrogens with two attached hydrogens (primary N) is 4. The zero-order valence-corrected chi connectivity index (χ0v) is 15.2. The Morgan fingerprint density at radius 3 is 0.682 bits per heavy atom. The maximum atomic E-state index is 5.27. The summed E-state index contributed by atoms with van der Waals surface area (Å²) in [7, 11) is 0. The summed E-state index contributed by atoms with van der Waals surface area (Å²) in [5, 5.41) is 12.7. The predicted molar refractivity (Wildman–Crippen MR) is 102 cm³/mol. The monoisotopic (exact) mass is 364 g/mol. The molecule has 0 aliphatic carbocycles. The second kappa shape index (κ2) is 33.0. The summed E-state index contributed by atoms with van der Waals surface area (Å²) >= 11 is 0. The molecule has 0 rings (SSSR count). The fraction of sp³-hybridized carbons (Fsp3) is 1.00. The van der Waals surface area contributed by atoms with E-state index >= 15 is 0 Å². The van der Waals surface area contributed by atoms with Crippen molar-refractivity contribution >= 4 is 24.8 Å². The molecule has 0 aromatic heterocycles. The highest BCUT2D eigenvalue weighted by Crippen LogP contribution is 1.58. The van der Waals surface area contributed by atoms with Crippen LogP contribution in [0.1, 0.15) is 0 Å². The summed E-state index contributed by atoms with van der Waals surface area (Å²) in [5.74, 6) is 0. The Morgan fingerprint density at radius 2 is 0.545 bits per heavy atom. The third kappa shape index (κ3) is 37.0. The maximum absolute atomic E-state index is 5.27. The fourth-order valence-electron chi connectivity index (χ4n) is 1.26. The molecule has 0 heterocycles. The molecule has 0 spiro atoms. The zero-order valence-electron chi connectivity index (χ0n) is 13.6. The first kappa shape index (κ1) is 30.2.